The number of pyridine rings is 1. The van der Waals surface area contributed by atoms with Crippen LogP contribution in [0.1, 0.15) is 11.1 Å². The molecule has 0 radical (unpaired) electrons. The third-order valence-corrected chi connectivity index (χ3v) is 2.99. The largest absolute Gasteiger partial charge is 0.483 e. The molecule has 20 heavy (non-hydrogen) atoms. The Balaban J connectivity index is 1.94. The average molecular weight is 291 g/mol. The van der Waals surface area contributed by atoms with Gasteiger partial charge in [0, 0.05) is 0 Å². The Morgan fingerprint density at radius 2 is 1.95 bits per heavy atom. The van der Waals surface area contributed by atoms with E-state index in [4.69, 9.17) is 16.3 Å². The summed E-state index contributed by atoms with van der Waals surface area (Å²) in [6.45, 7) is 3.85. The Kier molecular flexibility index (Phi) is 4.58. The van der Waals surface area contributed by atoms with Crippen molar-refractivity contribution in [3.8, 4) is 5.75 Å². The minimum absolute atomic E-state index is 0.0473. The first-order valence-electron chi connectivity index (χ1n) is 6.16. The highest BCUT2D eigenvalue weighted by atomic mass is 35.5. The Hall–Kier alpha value is -2.07. The van der Waals surface area contributed by atoms with Gasteiger partial charge >= 0.3 is 0 Å². The third kappa shape index (κ3) is 3.71. The van der Waals surface area contributed by atoms with Gasteiger partial charge in [0.2, 0.25) is 0 Å². The van der Waals surface area contributed by atoms with Gasteiger partial charge in [-0.1, -0.05) is 29.8 Å². The molecule has 1 aromatic heterocycles. The van der Waals surface area contributed by atoms with Crippen LogP contribution in [0, 0.1) is 13.8 Å². The molecule has 2 rings (SSSR count). The van der Waals surface area contributed by atoms with Gasteiger partial charge in [-0.3, -0.25) is 4.79 Å². The van der Waals surface area contributed by atoms with Crippen molar-refractivity contribution in [2.24, 2.45) is 0 Å². The van der Waals surface area contributed by atoms with E-state index < -0.39 is 0 Å². The van der Waals surface area contributed by atoms with Crippen LogP contribution in [-0.2, 0) is 4.79 Å². The average Bonchev–Trinajstić information content (AvgIpc) is 2.41. The summed E-state index contributed by atoms with van der Waals surface area (Å²) in [6.07, 6.45) is 1.50. The number of aromatic nitrogens is 1. The lowest BCUT2D eigenvalue weighted by Gasteiger charge is -2.11. The number of carbonyl (C=O) groups is 1. The first kappa shape index (κ1) is 14.3. The van der Waals surface area contributed by atoms with Crippen molar-refractivity contribution in [2.75, 3.05) is 11.9 Å². The predicted octanol–water partition coefficient (Wildman–Crippen LogP) is 3.37. The van der Waals surface area contributed by atoms with Crippen LogP contribution in [0.25, 0.3) is 0 Å². The molecule has 0 aliphatic rings. The lowest BCUT2D eigenvalue weighted by atomic mass is 10.1. The van der Waals surface area contributed by atoms with Crippen molar-refractivity contribution < 1.29 is 9.53 Å². The first-order valence-corrected chi connectivity index (χ1v) is 6.54. The van der Waals surface area contributed by atoms with Gasteiger partial charge in [0.1, 0.15) is 10.9 Å². The van der Waals surface area contributed by atoms with Crippen molar-refractivity contribution in [1.29, 1.82) is 0 Å². The van der Waals surface area contributed by atoms with E-state index in [1.54, 1.807) is 12.1 Å². The summed E-state index contributed by atoms with van der Waals surface area (Å²) in [5, 5.41) is 3.08. The highest BCUT2D eigenvalue weighted by molar-refractivity contribution is 6.29. The molecule has 0 saturated carbocycles. The van der Waals surface area contributed by atoms with E-state index in [-0.39, 0.29) is 12.5 Å². The topological polar surface area (TPSA) is 51.2 Å². The normalized spacial score (nSPS) is 10.2. The lowest BCUT2D eigenvalue weighted by molar-refractivity contribution is -0.118. The quantitative estimate of drug-likeness (QED) is 0.878. The van der Waals surface area contributed by atoms with Gasteiger partial charge in [0.05, 0.1) is 11.9 Å². The molecule has 0 spiro atoms. The number of carbonyl (C=O) groups excluding carboxylic acids is 1. The maximum Gasteiger partial charge on any atom is 0.262 e. The van der Waals surface area contributed by atoms with E-state index in [0.29, 0.717) is 10.8 Å². The molecule has 0 saturated heterocycles. The standard InChI is InChI=1S/C15H15ClN2O2/c1-10-4-3-5-11(2)15(10)20-9-14(19)18-12-6-7-13(16)17-8-12/h3-8H,9H2,1-2H3,(H,18,19). The molecule has 0 atom stereocenters. The molecule has 0 unspecified atom stereocenters. The number of anilines is 1. The highest BCUT2D eigenvalue weighted by Gasteiger charge is 2.07. The van der Waals surface area contributed by atoms with Crippen LogP contribution < -0.4 is 10.1 Å². The molecule has 1 amide bonds. The van der Waals surface area contributed by atoms with E-state index in [9.17, 15) is 4.79 Å². The molecule has 1 aromatic carbocycles. The number of nitrogens with zero attached hydrogens (tertiary/aromatic N) is 1. The summed E-state index contributed by atoms with van der Waals surface area (Å²) in [6, 6.07) is 9.15. The smallest absolute Gasteiger partial charge is 0.262 e. The highest BCUT2D eigenvalue weighted by Crippen LogP contribution is 2.22. The second kappa shape index (κ2) is 6.39. The number of hydrogen-bond acceptors (Lipinski definition) is 3. The van der Waals surface area contributed by atoms with Crippen LogP contribution in [0.3, 0.4) is 0 Å². The SMILES string of the molecule is Cc1cccc(C)c1OCC(=O)Nc1ccc(Cl)nc1. The molecule has 0 bridgehead atoms. The monoisotopic (exact) mass is 290 g/mol. The molecule has 1 N–H and O–H groups in total. The summed E-state index contributed by atoms with van der Waals surface area (Å²) in [5.74, 6) is 0.508. The van der Waals surface area contributed by atoms with Gasteiger partial charge in [0.25, 0.3) is 5.91 Å². The Bertz CT molecular complexity index is 592. The van der Waals surface area contributed by atoms with E-state index in [1.165, 1.54) is 6.20 Å². The Morgan fingerprint density at radius 3 is 2.55 bits per heavy atom. The molecule has 0 aliphatic carbocycles. The number of ether oxygens (including phenoxy) is 1. The van der Waals surface area contributed by atoms with Crippen molar-refractivity contribution in [3.63, 3.8) is 0 Å². The zero-order chi connectivity index (χ0) is 14.5. The fraction of sp³-hybridized carbons (Fsp3) is 0.200. The lowest BCUT2D eigenvalue weighted by Crippen LogP contribution is -2.20. The fourth-order valence-corrected chi connectivity index (χ4v) is 1.92. The van der Waals surface area contributed by atoms with Crippen LogP contribution in [-0.4, -0.2) is 17.5 Å². The van der Waals surface area contributed by atoms with Crippen molar-refractivity contribution in [3.05, 3.63) is 52.8 Å². The number of nitrogens with one attached hydrogen (secondary N) is 1. The van der Waals surface area contributed by atoms with Crippen LogP contribution >= 0.6 is 11.6 Å². The summed E-state index contributed by atoms with van der Waals surface area (Å²) < 4.78 is 5.57. The minimum Gasteiger partial charge on any atom is -0.483 e. The number of para-hydroxylation sites is 1. The van der Waals surface area contributed by atoms with Crippen LogP contribution in [0.2, 0.25) is 5.15 Å². The zero-order valence-corrected chi connectivity index (χ0v) is 12.1. The van der Waals surface area contributed by atoms with Gasteiger partial charge in [-0.2, -0.15) is 0 Å². The second-order valence-corrected chi connectivity index (χ2v) is 4.81. The van der Waals surface area contributed by atoms with E-state index in [2.05, 4.69) is 10.3 Å². The van der Waals surface area contributed by atoms with E-state index in [0.717, 1.165) is 16.9 Å². The number of halogens is 1. The summed E-state index contributed by atoms with van der Waals surface area (Å²) in [7, 11) is 0. The van der Waals surface area contributed by atoms with E-state index >= 15 is 0 Å². The number of rotatable bonds is 4. The van der Waals surface area contributed by atoms with Gasteiger partial charge in [0.15, 0.2) is 6.61 Å². The fourth-order valence-electron chi connectivity index (χ4n) is 1.81. The summed E-state index contributed by atoms with van der Waals surface area (Å²) >= 11 is 5.68. The second-order valence-electron chi connectivity index (χ2n) is 4.43. The summed E-state index contributed by atoms with van der Waals surface area (Å²) in [4.78, 5) is 15.7. The molecule has 0 fully saturated rings. The maximum absolute atomic E-state index is 11.8. The van der Waals surface area contributed by atoms with Crippen molar-refractivity contribution in [2.45, 2.75) is 13.8 Å². The maximum atomic E-state index is 11.8. The Morgan fingerprint density at radius 1 is 1.25 bits per heavy atom. The van der Waals surface area contributed by atoms with Crippen molar-refractivity contribution >= 4 is 23.2 Å². The molecule has 0 aliphatic heterocycles. The van der Waals surface area contributed by atoms with Crippen LogP contribution in [0.4, 0.5) is 5.69 Å². The minimum atomic E-state index is -0.239. The number of benzene rings is 1. The van der Waals surface area contributed by atoms with Gasteiger partial charge in [-0.15, -0.1) is 0 Å². The molecule has 5 heteroatoms. The van der Waals surface area contributed by atoms with Gasteiger partial charge in [-0.25, -0.2) is 4.98 Å². The van der Waals surface area contributed by atoms with E-state index in [1.807, 2.05) is 32.0 Å². The van der Waals surface area contributed by atoms with Gasteiger partial charge in [-0.05, 0) is 37.1 Å². The molecular formula is C15H15ClN2O2. The Labute approximate surface area is 122 Å². The number of hydrogen-bond donors (Lipinski definition) is 1. The molecular weight excluding hydrogens is 276 g/mol. The van der Waals surface area contributed by atoms with Crippen molar-refractivity contribution in [1.82, 2.24) is 4.98 Å². The van der Waals surface area contributed by atoms with Crippen LogP contribution in [0.5, 0.6) is 5.75 Å². The molecule has 1 heterocycles. The first-order chi connectivity index (χ1) is 9.56. The third-order valence-electron chi connectivity index (χ3n) is 2.77. The number of amides is 1. The number of aryl methyl sites for hydroxylation is 2. The van der Waals surface area contributed by atoms with Crippen LogP contribution in [0.15, 0.2) is 36.5 Å². The van der Waals surface area contributed by atoms with Gasteiger partial charge < -0.3 is 10.1 Å². The summed E-state index contributed by atoms with van der Waals surface area (Å²) in [5.41, 5.74) is 2.60. The molecule has 4 nitrogen and oxygen atoms in total. The molecule has 2 aromatic rings. The zero-order valence-electron chi connectivity index (χ0n) is 11.3. The predicted molar refractivity (Wildman–Crippen MR) is 79.3 cm³/mol. The molecule has 104 valence electrons.